The van der Waals surface area contributed by atoms with E-state index in [0.717, 1.165) is 22.9 Å². The van der Waals surface area contributed by atoms with Crippen LogP contribution >= 0.6 is 0 Å². The first kappa shape index (κ1) is 12.6. The lowest BCUT2D eigenvalue weighted by Gasteiger charge is -2.16. The van der Waals surface area contributed by atoms with Crippen molar-refractivity contribution in [3.8, 4) is 0 Å². The van der Waals surface area contributed by atoms with E-state index in [2.05, 4.69) is 9.97 Å². The number of furan rings is 1. The first-order valence-electron chi connectivity index (χ1n) is 5.89. The molecule has 0 aliphatic carbocycles. The van der Waals surface area contributed by atoms with Crippen molar-refractivity contribution in [2.75, 3.05) is 11.9 Å². The van der Waals surface area contributed by atoms with Gasteiger partial charge >= 0.3 is 0 Å². The van der Waals surface area contributed by atoms with E-state index >= 15 is 0 Å². The van der Waals surface area contributed by atoms with E-state index in [-0.39, 0.29) is 0 Å². The Balaban J connectivity index is 2.17. The molecule has 5 nitrogen and oxygen atoms in total. The molecular formula is C13H18N4O. The average Bonchev–Trinajstić information content (AvgIpc) is 2.73. The van der Waals surface area contributed by atoms with Crippen molar-refractivity contribution in [1.82, 2.24) is 9.97 Å². The third-order valence-electron chi connectivity index (χ3n) is 2.64. The minimum absolute atomic E-state index is 0.421. The summed E-state index contributed by atoms with van der Waals surface area (Å²) in [5.74, 6) is 2.48. The lowest BCUT2D eigenvalue weighted by molar-refractivity contribution is 0.480. The molecule has 0 aliphatic heterocycles. The number of aromatic nitrogens is 2. The predicted molar refractivity (Wildman–Crippen MR) is 70.2 cm³/mol. The van der Waals surface area contributed by atoms with Crippen molar-refractivity contribution in [1.29, 1.82) is 0 Å². The van der Waals surface area contributed by atoms with Crippen LogP contribution in [-0.2, 0) is 13.1 Å². The Bertz CT molecular complexity index is 536. The lowest BCUT2D eigenvalue weighted by Crippen LogP contribution is -2.20. The molecule has 0 amide bonds. The van der Waals surface area contributed by atoms with Crippen LogP contribution in [0.4, 0.5) is 5.95 Å². The molecule has 0 aliphatic rings. The zero-order valence-corrected chi connectivity index (χ0v) is 11.0. The molecule has 2 heterocycles. The highest BCUT2D eigenvalue weighted by Gasteiger charge is 2.09. The third-order valence-corrected chi connectivity index (χ3v) is 2.64. The van der Waals surface area contributed by atoms with Crippen LogP contribution in [0.25, 0.3) is 0 Å². The van der Waals surface area contributed by atoms with E-state index in [1.54, 1.807) is 0 Å². The van der Waals surface area contributed by atoms with Gasteiger partial charge in [0.1, 0.15) is 11.5 Å². The number of aryl methyl sites for hydroxylation is 2. The van der Waals surface area contributed by atoms with Crippen LogP contribution in [0.1, 0.15) is 22.9 Å². The van der Waals surface area contributed by atoms with Gasteiger partial charge in [0.15, 0.2) is 0 Å². The van der Waals surface area contributed by atoms with Crippen LogP contribution in [0.3, 0.4) is 0 Å². The predicted octanol–water partition coefficient (Wildman–Crippen LogP) is 1.78. The van der Waals surface area contributed by atoms with Crippen LogP contribution in [0.5, 0.6) is 0 Å². The maximum atomic E-state index is 5.62. The molecule has 18 heavy (non-hydrogen) atoms. The van der Waals surface area contributed by atoms with E-state index in [4.69, 9.17) is 10.2 Å². The standard InChI is InChI=1S/C13H18N4O/c1-9-6-11(7-14)16-13(15-9)17(3)8-12-5-4-10(2)18-12/h4-6H,7-8,14H2,1-3H3. The van der Waals surface area contributed by atoms with Crippen molar-refractivity contribution in [2.45, 2.75) is 26.9 Å². The highest BCUT2D eigenvalue weighted by atomic mass is 16.3. The number of nitrogens with zero attached hydrogens (tertiary/aromatic N) is 3. The Morgan fingerprint density at radius 1 is 1.28 bits per heavy atom. The summed E-state index contributed by atoms with van der Waals surface area (Å²) in [7, 11) is 1.94. The fraction of sp³-hybridized carbons (Fsp3) is 0.385. The molecule has 2 rings (SSSR count). The molecule has 2 aromatic rings. The number of nitrogens with two attached hydrogens (primary N) is 1. The van der Waals surface area contributed by atoms with Gasteiger partial charge in [0.25, 0.3) is 0 Å². The summed E-state index contributed by atoms with van der Waals surface area (Å²) in [6, 6.07) is 5.81. The van der Waals surface area contributed by atoms with Gasteiger partial charge in [-0.05, 0) is 32.0 Å². The molecule has 0 unspecified atom stereocenters. The number of rotatable bonds is 4. The van der Waals surface area contributed by atoms with Gasteiger partial charge in [0.05, 0.1) is 12.2 Å². The van der Waals surface area contributed by atoms with Gasteiger partial charge in [-0.15, -0.1) is 0 Å². The lowest BCUT2D eigenvalue weighted by atomic mass is 10.3. The van der Waals surface area contributed by atoms with Crippen molar-refractivity contribution in [2.24, 2.45) is 5.73 Å². The van der Waals surface area contributed by atoms with Gasteiger partial charge in [-0.25, -0.2) is 9.97 Å². The van der Waals surface area contributed by atoms with Gasteiger partial charge in [0.2, 0.25) is 5.95 Å². The van der Waals surface area contributed by atoms with Gasteiger partial charge in [0, 0.05) is 19.3 Å². The molecular weight excluding hydrogens is 228 g/mol. The Hall–Kier alpha value is -1.88. The SMILES string of the molecule is Cc1cc(CN)nc(N(C)Cc2ccc(C)o2)n1. The summed E-state index contributed by atoms with van der Waals surface area (Å²) >= 11 is 0. The Kier molecular flexibility index (Phi) is 3.62. The van der Waals surface area contributed by atoms with E-state index in [9.17, 15) is 0 Å². The highest BCUT2D eigenvalue weighted by Crippen LogP contribution is 2.14. The van der Waals surface area contributed by atoms with Gasteiger partial charge < -0.3 is 15.1 Å². The quantitative estimate of drug-likeness (QED) is 0.890. The average molecular weight is 246 g/mol. The second kappa shape index (κ2) is 5.18. The van der Waals surface area contributed by atoms with Crippen LogP contribution in [0.15, 0.2) is 22.6 Å². The smallest absolute Gasteiger partial charge is 0.225 e. The zero-order valence-electron chi connectivity index (χ0n) is 11.0. The molecule has 0 saturated carbocycles. The van der Waals surface area contributed by atoms with Gasteiger partial charge in [-0.1, -0.05) is 0 Å². The minimum atomic E-state index is 0.421. The summed E-state index contributed by atoms with van der Waals surface area (Å²) in [6.45, 7) is 4.93. The molecule has 0 radical (unpaired) electrons. The molecule has 5 heteroatoms. The minimum Gasteiger partial charge on any atom is -0.464 e. The maximum Gasteiger partial charge on any atom is 0.225 e. The van der Waals surface area contributed by atoms with E-state index in [1.807, 2.05) is 44.0 Å². The summed E-state index contributed by atoms with van der Waals surface area (Å²) < 4.78 is 5.54. The molecule has 0 atom stereocenters. The van der Waals surface area contributed by atoms with Gasteiger partial charge in [-0.3, -0.25) is 0 Å². The van der Waals surface area contributed by atoms with Crippen LogP contribution < -0.4 is 10.6 Å². The van der Waals surface area contributed by atoms with Crippen molar-refractivity contribution < 1.29 is 4.42 Å². The molecule has 0 bridgehead atoms. The topological polar surface area (TPSA) is 68.2 Å². The fourth-order valence-electron chi connectivity index (χ4n) is 1.77. The molecule has 2 N–H and O–H groups in total. The highest BCUT2D eigenvalue weighted by molar-refractivity contribution is 5.32. The van der Waals surface area contributed by atoms with E-state index in [0.29, 0.717) is 19.0 Å². The number of anilines is 1. The molecule has 96 valence electrons. The first-order chi connectivity index (χ1) is 8.58. The molecule has 0 spiro atoms. The van der Waals surface area contributed by atoms with E-state index in [1.165, 1.54) is 0 Å². The van der Waals surface area contributed by atoms with Crippen molar-refractivity contribution >= 4 is 5.95 Å². The van der Waals surface area contributed by atoms with Crippen molar-refractivity contribution in [3.05, 3.63) is 41.1 Å². The molecule has 2 aromatic heterocycles. The Labute approximate surface area is 107 Å². The molecule has 0 fully saturated rings. The number of hydrogen-bond acceptors (Lipinski definition) is 5. The summed E-state index contributed by atoms with van der Waals surface area (Å²) in [5, 5.41) is 0. The Morgan fingerprint density at radius 2 is 2.06 bits per heavy atom. The molecule has 0 aromatic carbocycles. The second-order valence-electron chi connectivity index (χ2n) is 4.37. The summed E-state index contributed by atoms with van der Waals surface area (Å²) in [4.78, 5) is 10.8. The maximum absolute atomic E-state index is 5.62. The summed E-state index contributed by atoms with van der Waals surface area (Å²) in [5.41, 5.74) is 7.38. The Morgan fingerprint density at radius 3 is 2.67 bits per heavy atom. The van der Waals surface area contributed by atoms with E-state index < -0.39 is 0 Å². The molecule has 0 saturated heterocycles. The largest absolute Gasteiger partial charge is 0.464 e. The van der Waals surface area contributed by atoms with Gasteiger partial charge in [-0.2, -0.15) is 0 Å². The fourth-order valence-corrected chi connectivity index (χ4v) is 1.77. The monoisotopic (exact) mass is 246 g/mol. The number of hydrogen-bond donors (Lipinski definition) is 1. The second-order valence-corrected chi connectivity index (χ2v) is 4.37. The summed E-state index contributed by atoms with van der Waals surface area (Å²) in [6.07, 6.45) is 0. The van der Waals surface area contributed by atoms with Crippen molar-refractivity contribution in [3.63, 3.8) is 0 Å². The zero-order chi connectivity index (χ0) is 13.1. The van der Waals surface area contributed by atoms with Crippen LogP contribution in [-0.4, -0.2) is 17.0 Å². The normalized spacial score (nSPS) is 10.7. The third kappa shape index (κ3) is 2.87. The first-order valence-corrected chi connectivity index (χ1v) is 5.89. The van der Waals surface area contributed by atoms with Crippen LogP contribution in [0, 0.1) is 13.8 Å². The van der Waals surface area contributed by atoms with Crippen LogP contribution in [0.2, 0.25) is 0 Å².